The SMILES string of the molecule is Cc1ccc(C)c(-c2cn(CC(=O)O)nc2C)c1. The van der Waals surface area contributed by atoms with Crippen molar-refractivity contribution < 1.29 is 9.90 Å². The Bertz CT molecular complexity index is 600. The maximum Gasteiger partial charge on any atom is 0.325 e. The third kappa shape index (κ3) is 2.42. The van der Waals surface area contributed by atoms with Crippen LogP contribution in [0.4, 0.5) is 0 Å². The van der Waals surface area contributed by atoms with Gasteiger partial charge in [0.05, 0.1) is 5.69 Å². The van der Waals surface area contributed by atoms with E-state index in [2.05, 4.69) is 23.3 Å². The highest BCUT2D eigenvalue weighted by atomic mass is 16.4. The highest BCUT2D eigenvalue weighted by molar-refractivity contribution is 5.70. The molecule has 1 aromatic heterocycles. The number of carboxylic acid groups (broad SMARTS) is 1. The predicted octanol–water partition coefficient (Wildman–Crippen LogP) is 2.56. The molecule has 18 heavy (non-hydrogen) atoms. The highest BCUT2D eigenvalue weighted by Gasteiger charge is 2.11. The normalized spacial score (nSPS) is 10.6. The van der Waals surface area contributed by atoms with E-state index in [1.54, 1.807) is 6.20 Å². The van der Waals surface area contributed by atoms with Crippen LogP contribution in [0.1, 0.15) is 16.8 Å². The van der Waals surface area contributed by atoms with E-state index in [1.807, 2.05) is 20.8 Å². The second kappa shape index (κ2) is 4.64. The smallest absolute Gasteiger partial charge is 0.325 e. The monoisotopic (exact) mass is 244 g/mol. The molecule has 0 saturated heterocycles. The van der Waals surface area contributed by atoms with E-state index in [0.29, 0.717) is 0 Å². The molecule has 0 spiro atoms. The maximum atomic E-state index is 10.7. The van der Waals surface area contributed by atoms with Crippen LogP contribution in [0.3, 0.4) is 0 Å². The van der Waals surface area contributed by atoms with Crippen LogP contribution in [-0.2, 0) is 11.3 Å². The minimum absolute atomic E-state index is 0.105. The molecule has 2 aromatic rings. The number of carbonyl (C=O) groups is 1. The van der Waals surface area contributed by atoms with Crippen molar-refractivity contribution in [3.05, 3.63) is 41.2 Å². The Morgan fingerprint density at radius 3 is 2.67 bits per heavy atom. The number of rotatable bonds is 3. The summed E-state index contributed by atoms with van der Waals surface area (Å²) >= 11 is 0. The molecular formula is C14H16N2O2. The topological polar surface area (TPSA) is 55.1 Å². The molecule has 0 aliphatic heterocycles. The fourth-order valence-electron chi connectivity index (χ4n) is 2.03. The average molecular weight is 244 g/mol. The summed E-state index contributed by atoms with van der Waals surface area (Å²) in [6, 6.07) is 6.24. The van der Waals surface area contributed by atoms with Crippen LogP contribution in [0.5, 0.6) is 0 Å². The summed E-state index contributed by atoms with van der Waals surface area (Å²) < 4.78 is 1.47. The second-order valence-electron chi connectivity index (χ2n) is 4.54. The lowest BCUT2D eigenvalue weighted by molar-refractivity contribution is -0.137. The predicted molar refractivity (Wildman–Crippen MR) is 69.5 cm³/mol. The second-order valence-corrected chi connectivity index (χ2v) is 4.54. The van der Waals surface area contributed by atoms with Crippen LogP contribution in [-0.4, -0.2) is 20.9 Å². The van der Waals surface area contributed by atoms with Crippen LogP contribution in [0.15, 0.2) is 24.4 Å². The molecule has 4 nitrogen and oxygen atoms in total. The Labute approximate surface area is 106 Å². The van der Waals surface area contributed by atoms with Gasteiger partial charge in [-0.25, -0.2) is 0 Å². The number of carboxylic acids is 1. The fourth-order valence-corrected chi connectivity index (χ4v) is 2.03. The number of aryl methyl sites for hydroxylation is 3. The van der Waals surface area contributed by atoms with Crippen molar-refractivity contribution in [3.8, 4) is 11.1 Å². The van der Waals surface area contributed by atoms with Crippen molar-refractivity contribution in [2.75, 3.05) is 0 Å². The standard InChI is InChI=1S/C14H16N2O2/c1-9-4-5-10(2)12(6-9)13-7-16(8-14(17)18)15-11(13)3/h4-7H,8H2,1-3H3,(H,17,18). The Kier molecular flexibility index (Phi) is 3.19. The van der Waals surface area contributed by atoms with Gasteiger partial charge in [-0.3, -0.25) is 9.48 Å². The summed E-state index contributed by atoms with van der Waals surface area (Å²) in [5.41, 5.74) is 5.31. The molecule has 1 heterocycles. The molecule has 2 rings (SSSR count). The Balaban J connectivity index is 2.47. The number of hydrogen-bond donors (Lipinski definition) is 1. The molecular weight excluding hydrogens is 228 g/mol. The number of aromatic nitrogens is 2. The summed E-state index contributed by atoms with van der Waals surface area (Å²) in [7, 11) is 0. The van der Waals surface area contributed by atoms with Crippen LogP contribution >= 0.6 is 0 Å². The lowest BCUT2D eigenvalue weighted by atomic mass is 9.99. The Morgan fingerprint density at radius 1 is 1.28 bits per heavy atom. The van der Waals surface area contributed by atoms with Gasteiger partial charge in [0, 0.05) is 11.8 Å². The van der Waals surface area contributed by atoms with Crippen molar-refractivity contribution in [2.45, 2.75) is 27.3 Å². The van der Waals surface area contributed by atoms with Gasteiger partial charge in [-0.05, 0) is 31.9 Å². The van der Waals surface area contributed by atoms with Crippen LogP contribution in [0.2, 0.25) is 0 Å². The molecule has 0 aliphatic rings. The molecule has 0 aliphatic carbocycles. The molecule has 0 radical (unpaired) electrons. The average Bonchev–Trinajstić information content (AvgIpc) is 2.62. The van der Waals surface area contributed by atoms with Gasteiger partial charge in [0.2, 0.25) is 0 Å². The third-order valence-corrected chi connectivity index (χ3v) is 2.93. The van der Waals surface area contributed by atoms with E-state index in [4.69, 9.17) is 5.11 Å². The maximum absolute atomic E-state index is 10.7. The zero-order valence-corrected chi connectivity index (χ0v) is 10.8. The number of benzene rings is 1. The van der Waals surface area contributed by atoms with Gasteiger partial charge >= 0.3 is 5.97 Å². The van der Waals surface area contributed by atoms with E-state index in [0.717, 1.165) is 16.8 Å². The molecule has 0 atom stereocenters. The minimum Gasteiger partial charge on any atom is -0.480 e. The molecule has 1 N–H and O–H groups in total. The molecule has 0 saturated carbocycles. The van der Waals surface area contributed by atoms with Crippen LogP contribution < -0.4 is 0 Å². The van der Waals surface area contributed by atoms with E-state index < -0.39 is 5.97 Å². The van der Waals surface area contributed by atoms with E-state index >= 15 is 0 Å². The van der Waals surface area contributed by atoms with Gasteiger partial charge in [-0.15, -0.1) is 0 Å². The first kappa shape index (κ1) is 12.4. The zero-order valence-electron chi connectivity index (χ0n) is 10.8. The van der Waals surface area contributed by atoms with Crippen molar-refractivity contribution in [1.82, 2.24) is 9.78 Å². The van der Waals surface area contributed by atoms with Gasteiger partial charge in [0.15, 0.2) is 0 Å². The van der Waals surface area contributed by atoms with Gasteiger partial charge in [0.1, 0.15) is 6.54 Å². The third-order valence-electron chi connectivity index (χ3n) is 2.93. The fraction of sp³-hybridized carbons (Fsp3) is 0.286. The molecule has 0 bridgehead atoms. The quantitative estimate of drug-likeness (QED) is 0.902. The molecule has 0 amide bonds. The Hall–Kier alpha value is -2.10. The van der Waals surface area contributed by atoms with Crippen LogP contribution in [0.25, 0.3) is 11.1 Å². The summed E-state index contributed by atoms with van der Waals surface area (Å²) in [6.07, 6.45) is 1.80. The summed E-state index contributed by atoms with van der Waals surface area (Å²) in [5, 5.41) is 13.0. The zero-order chi connectivity index (χ0) is 13.3. The number of nitrogens with zero attached hydrogens (tertiary/aromatic N) is 2. The molecule has 0 fully saturated rings. The van der Waals surface area contributed by atoms with Gasteiger partial charge in [-0.2, -0.15) is 5.10 Å². The van der Waals surface area contributed by atoms with Crippen molar-refractivity contribution in [1.29, 1.82) is 0 Å². The summed E-state index contributed by atoms with van der Waals surface area (Å²) in [5.74, 6) is -0.884. The highest BCUT2D eigenvalue weighted by Crippen LogP contribution is 2.26. The molecule has 4 heteroatoms. The lowest BCUT2D eigenvalue weighted by Gasteiger charge is -2.05. The molecule has 0 unspecified atom stereocenters. The minimum atomic E-state index is -0.884. The van der Waals surface area contributed by atoms with Gasteiger partial charge in [-0.1, -0.05) is 23.8 Å². The summed E-state index contributed by atoms with van der Waals surface area (Å²) in [6.45, 7) is 5.88. The summed E-state index contributed by atoms with van der Waals surface area (Å²) in [4.78, 5) is 10.7. The van der Waals surface area contributed by atoms with E-state index in [-0.39, 0.29) is 6.54 Å². The Morgan fingerprint density at radius 2 is 2.00 bits per heavy atom. The molecule has 1 aromatic carbocycles. The lowest BCUT2D eigenvalue weighted by Crippen LogP contribution is -2.08. The molecule has 94 valence electrons. The van der Waals surface area contributed by atoms with Crippen molar-refractivity contribution in [3.63, 3.8) is 0 Å². The van der Waals surface area contributed by atoms with Crippen molar-refractivity contribution in [2.24, 2.45) is 0 Å². The van der Waals surface area contributed by atoms with Gasteiger partial charge in [0.25, 0.3) is 0 Å². The number of hydrogen-bond acceptors (Lipinski definition) is 2. The number of aliphatic carboxylic acids is 1. The van der Waals surface area contributed by atoms with E-state index in [9.17, 15) is 4.79 Å². The first-order chi connectivity index (χ1) is 8.47. The van der Waals surface area contributed by atoms with Gasteiger partial charge < -0.3 is 5.11 Å². The van der Waals surface area contributed by atoms with E-state index in [1.165, 1.54) is 15.8 Å². The first-order valence-corrected chi connectivity index (χ1v) is 5.81. The largest absolute Gasteiger partial charge is 0.480 e. The first-order valence-electron chi connectivity index (χ1n) is 5.81. The van der Waals surface area contributed by atoms with Crippen LogP contribution in [0, 0.1) is 20.8 Å². The van der Waals surface area contributed by atoms with Crippen molar-refractivity contribution >= 4 is 5.97 Å².